The minimum atomic E-state index is -0.156. The summed E-state index contributed by atoms with van der Waals surface area (Å²) in [4.78, 5) is 4.50. The summed E-state index contributed by atoms with van der Waals surface area (Å²) in [5, 5.41) is 4.19. The van der Waals surface area contributed by atoms with E-state index >= 15 is 0 Å². The Morgan fingerprint density at radius 2 is 1.84 bits per heavy atom. The van der Waals surface area contributed by atoms with E-state index in [1.165, 1.54) is 25.7 Å². The second kappa shape index (κ2) is 5.17. The second-order valence-electron chi connectivity index (χ2n) is 5.25. The van der Waals surface area contributed by atoms with Crippen LogP contribution in [0.15, 0.2) is 29.0 Å². The Morgan fingerprint density at radius 3 is 2.42 bits per heavy atom. The maximum Gasteiger partial charge on any atom is 0.240 e. The van der Waals surface area contributed by atoms with E-state index in [2.05, 4.69) is 39.2 Å². The molecule has 1 aliphatic rings. The van der Waals surface area contributed by atoms with Crippen molar-refractivity contribution in [1.29, 1.82) is 0 Å². The van der Waals surface area contributed by atoms with Gasteiger partial charge in [-0.05, 0) is 25.0 Å². The molecule has 0 aromatic carbocycles. The Bertz CT molecular complexity index is 509. The predicted molar refractivity (Wildman–Crippen MR) is 71.4 cm³/mol. The topological polar surface area (TPSA) is 69.9 Å². The Labute approximate surface area is 112 Å². The van der Waals surface area contributed by atoms with E-state index < -0.39 is 0 Å². The molecule has 0 radical (unpaired) electrons. The zero-order valence-corrected chi connectivity index (χ0v) is 11.1. The van der Waals surface area contributed by atoms with Crippen molar-refractivity contribution in [2.24, 2.45) is 5.73 Å². The highest BCUT2D eigenvalue weighted by atomic mass is 16.5. The molecule has 3 rings (SSSR count). The van der Waals surface area contributed by atoms with E-state index in [4.69, 9.17) is 10.3 Å². The van der Waals surface area contributed by atoms with Gasteiger partial charge in [0, 0.05) is 12.4 Å². The summed E-state index contributed by atoms with van der Waals surface area (Å²) in [7, 11) is 0. The molecular formula is C14H20N4O. The summed E-state index contributed by atoms with van der Waals surface area (Å²) in [5.74, 6) is 1.30. The highest BCUT2D eigenvalue weighted by molar-refractivity contribution is 5.12. The number of nitrogens with two attached hydrogens (primary N) is 1. The van der Waals surface area contributed by atoms with Gasteiger partial charge >= 0.3 is 0 Å². The summed E-state index contributed by atoms with van der Waals surface area (Å²) >= 11 is 0. The van der Waals surface area contributed by atoms with Gasteiger partial charge in [0.05, 0.1) is 6.54 Å². The Hall–Kier alpha value is -1.62. The zero-order valence-electron chi connectivity index (χ0n) is 11.1. The molecule has 0 unspecified atom stereocenters. The van der Waals surface area contributed by atoms with E-state index in [9.17, 15) is 0 Å². The zero-order chi connectivity index (χ0) is 13.1. The fourth-order valence-electron chi connectivity index (χ4n) is 3.06. The Kier molecular flexibility index (Phi) is 3.38. The van der Waals surface area contributed by atoms with Gasteiger partial charge in [-0.15, -0.1) is 0 Å². The van der Waals surface area contributed by atoms with Crippen LogP contribution in [0.1, 0.15) is 50.2 Å². The predicted octanol–water partition coefficient (Wildman–Crippen LogP) is 2.43. The van der Waals surface area contributed by atoms with Crippen LogP contribution in [0.5, 0.6) is 0 Å². The van der Waals surface area contributed by atoms with Crippen LogP contribution in [0, 0.1) is 0 Å². The molecule has 0 atom stereocenters. The SMILES string of the molecule is NCc1nc(C2(n3cccc3)CCCCCC2)no1. The van der Waals surface area contributed by atoms with Crippen molar-refractivity contribution in [3.63, 3.8) is 0 Å². The van der Waals surface area contributed by atoms with Gasteiger partial charge in [-0.25, -0.2) is 0 Å². The fourth-order valence-corrected chi connectivity index (χ4v) is 3.06. The van der Waals surface area contributed by atoms with Crippen molar-refractivity contribution < 1.29 is 4.52 Å². The number of hydrogen-bond donors (Lipinski definition) is 1. The van der Waals surface area contributed by atoms with Crippen molar-refractivity contribution in [1.82, 2.24) is 14.7 Å². The third-order valence-corrected chi connectivity index (χ3v) is 4.09. The van der Waals surface area contributed by atoms with Crippen molar-refractivity contribution in [2.75, 3.05) is 0 Å². The molecule has 0 aliphatic heterocycles. The summed E-state index contributed by atoms with van der Waals surface area (Å²) < 4.78 is 7.47. The van der Waals surface area contributed by atoms with Gasteiger partial charge < -0.3 is 14.8 Å². The van der Waals surface area contributed by atoms with Crippen molar-refractivity contribution in [2.45, 2.75) is 50.6 Å². The second-order valence-corrected chi connectivity index (χ2v) is 5.25. The lowest BCUT2D eigenvalue weighted by Gasteiger charge is -2.31. The van der Waals surface area contributed by atoms with Gasteiger partial charge in [-0.1, -0.05) is 30.8 Å². The minimum absolute atomic E-state index is 0.156. The molecule has 0 bridgehead atoms. The van der Waals surface area contributed by atoms with E-state index in [1.54, 1.807) is 0 Å². The molecule has 19 heavy (non-hydrogen) atoms. The minimum Gasteiger partial charge on any atom is -0.341 e. The van der Waals surface area contributed by atoms with Crippen LogP contribution < -0.4 is 5.73 Å². The third kappa shape index (κ3) is 2.18. The molecule has 0 amide bonds. The summed E-state index contributed by atoms with van der Waals surface area (Å²) in [5.41, 5.74) is 5.43. The van der Waals surface area contributed by atoms with Crippen molar-refractivity contribution in [3.8, 4) is 0 Å². The van der Waals surface area contributed by atoms with Crippen LogP contribution in [0.4, 0.5) is 0 Å². The van der Waals surface area contributed by atoms with Gasteiger partial charge in [0.1, 0.15) is 5.54 Å². The molecule has 5 nitrogen and oxygen atoms in total. The lowest BCUT2D eigenvalue weighted by molar-refractivity contribution is 0.274. The van der Waals surface area contributed by atoms with Gasteiger partial charge in [0.15, 0.2) is 5.82 Å². The highest BCUT2D eigenvalue weighted by Crippen LogP contribution is 2.38. The van der Waals surface area contributed by atoms with Gasteiger partial charge in [-0.3, -0.25) is 0 Å². The number of hydrogen-bond acceptors (Lipinski definition) is 4. The van der Waals surface area contributed by atoms with Crippen LogP contribution in [-0.2, 0) is 12.1 Å². The lowest BCUT2D eigenvalue weighted by Crippen LogP contribution is -2.35. The van der Waals surface area contributed by atoms with Gasteiger partial charge in [0.25, 0.3) is 0 Å². The fraction of sp³-hybridized carbons (Fsp3) is 0.571. The first-order chi connectivity index (χ1) is 9.35. The van der Waals surface area contributed by atoms with Crippen LogP contribution in [0.3, 0.4) is 0 Å². The molecule has 2 heterocycles. The van der Waals surface area contributed by atoms with Gasteiger partial charge in [0.2, 0.25) is 5.89 Å². The molecule has 5 heteroatoms. The summed E-state index contributed by atoms with van der Waals surface area (Å²) in [6, 6.07) is 4.10. The number of aromatic nitrogens is 3. The number of rotatable bonds is 3. The standard InChI is InChI=1S/C14H20N4O/c15-11-12-16-13(17-19-12)14(18-9-5-6-10-18)7-3-1-2-4-8-14/h5-6,9-10H,1-4,7-8,11,15H2. The van der Waals surface area contributed by atoms with Crippen LogP contribution in [0.2, 0.25) is 0 Å². The quantitative estimate of drug-likeness (QED) is 0.860. The molecule has 1 saturated carbocycles. The van der Waals surface area contributed by atoms with E-state index in [1.807, 2.05) is 0 Å². The Balaban J connectivity index is 2.04. The molecule has 0 spiro atoms. The number of nitrogens with zero attached hydrogens (tertiary/aromatic N) is 3. The van der Waals surface area contributed by atoms with Crippen LogP contribution in [-0.4, -0.2) is 14.7 Å². The van der Waals surface area contributed by atoms with Crippen LogP contribution in [0.25, 0.3) is 0 Å². The molecule has 2 aromatic rings. The van der Waals surface area contributed by atoms with E-state index in [0.717, 1.165) is 18.7 Å². The molecule has 102 valence electrons. The average molecular weight is 260 g/mol. The molecule has 2 N–H and O–H groups in total. The van der Waals surface area contributed by atoms with Crippen molar-refractivity contribution in [3.05, 3.63) is 36.2 Å². The Morgan fingerprint density at radius 1 is 1.16 bits per heavy atom. The van der Waals surface area contributed by atoms with E-state index in [0.29, 0.717) is 12.4 Å². The third-order valence-electron chi connectivity index (χ3n) is 4.09. The first-order valence-electron chi connectivity index (χ1n) is 7.02. The highest BCUT2D eigenvalue weighted by Gasteiger charge is 2.38. The first-order valence-corrected chi connectivity index (χ1v) is 7.02. The lowest BCUT2D eigenvalue weighted by atomic mass is 9.89. The van der Waals surface area contributed by atoms with E-state index in [-0.39, 0.29) is 5.54 Å². The summed E-state index contributed by atoms with van der Waals surface area (Å²) in [6.07, 6.45) is 11.3. The maximum absolute atomic E-state index is 5.58. The first kappa shape index (κ1) is 12.4. The maximum atomic E-state index is 5.58. The largest absolute Gasteiger partial charge is 0.341 e. The molecule has 2 aromatic heterocycles. The molecule has 0 saturated heterocycles. The van der Waals surface area contributed by atoms with Crippen molar-refractivity contribution >= 4 is 0 Å². The molecule has 1 aliphatic carbocycles. The van der Waals surface area contributed by atoms with Crippen LogP contribution >= 0.6 is 0 Å². The average Bonchev–Trinajstić information content (AvgIpc) is 3.07. The molecule has 1 fully saturated rings. The monoisotopic (exact) mass is 260 g/mol. The molecular weight excluding hydrogens is 240 g/mol. The summed E-state index contributed by atoms with van der Waals surface area (Å²) in [6.45, 7) is 0.300. The normalized spacial score (nSPS) is 19.2. The smallest absolute Gasteiger partial charge is 0.240 e. The van der Waals surface area contributed by atoms with Gasteiger partial charge in [-0.2, -0.15) is 4.98 Å².